The van der Waals surface area contributed by atoms with Crippen LogP contribution in [-0.2, 0) is 11.2 Å². The highest BCUT2D eigenvalue weighted by molar-refractivity contribution is 5.08. The molecular weight excluding hydrogens is 224 g/mol. The molecule has 0 atom stereocenters. The van der Waals surface area contributed by atoms with Gasteiger partial charge in [-0.2, -0.15) is 0 Å². The van der Waals surface area contributed by atoms with E-state index in [1.807, 2.05) is 18.5 Å². The van der Waals surface area contributed by atoms with Crippen molar-refractivity contribution in [2.24, 2.45) is 0 Å². The summed E-state index contributed by atoms with van der Waals surface area (Å²) in [6.45, 7) is 4.08. The van der Waals surface area contributed by atoms with Gasteiger partial charge in [0.05, 0.1) is 12.7 Å². The standard InChI is InChI=1S/C15H24N2O/c1-2-17-14-5-7-15(8-6-14)18-11-9-13-4-3-10-16-12-13/h3-4,10,12,14-15,17H,2,5-9,11H2,1H3. The van der Waals surface area contributed by atoms with Gasteiger partial charge in [0.1, 0.15) is 0 Å². The molecule has 0 spiro atoms. The summed E-state index contributed by atoms with van der Waals surface area (Å²) in [5.74, 6) is 0. The highest BCUT2D eigenvalue weighted by atomic mass is 16.5. The number of ether oxygens (including phenoxy) is 1. The average Bonchev–Trinajstić information content (AvgIpc) is 2.42. The summed E-state index contributed by atoms with van der Waals surface area (Å²) in [6.07, 6.45) is 10.1. The Bertz CT molecular complexity index is 321. The molecule has 3 nitrogen and oxygen atoms in total. The molecule has 0 radical (unpaired) electrons. The van der Waals surface area contributed by atoms with Gasteiger partial charge in [-0.05, 0) is 50.3 Å². The smallest absolute Gasteiger partial charge is 0.0576 e. The van der Waals surface area contributed by atoms with Crippen molar-refractivity contribution in [3.05, 3.63) is 30.1 Å². The maximum absolute atomic E-state index is 5.96. The number of hydrogen-bond donors (Lipinski definition) is 1. The van der Waals surface area contributed by atoms with E-state index in [9.17, 15) is 0 Å². The van der Waals surface area contributed by atoms with Crippen molar-refractivity contribution in [1.29, 1.82) is 0 Å². The minimum absolute atomic E-state index is 0.469. The van der Waals surface area contributed by atoms with Crippen LogP contribution in [-0.4, -0.2) is 30.3 Å². The van der Waals surface area contributed by atoms with Gasteiger partial charge in [-0.3, -0.25) is 4.98 Å². The number of aromatic nitrogens is 1. The first kappa shape index (κ1) is 13.5. The summed E-state index contributed by atoms with van der Waals surface area (Å²) >= 11 is 0. The van der Waals surface area contributed by atoms with Crippen molar-refractivity contribution in [3.63, 3.8) is 0 Å². The van der Waals surface area contributed by atoms with E-state index in [1.165, 1.54) is 31.2 Å². The van der Waals surface area contributed by atoms with Gasteiger partial charge in [-0.25, -0.2) is 0 Å². The molecular formula is C15H24N2O. The first-order valence-electron chi connectivity index (χ1n) is 7.12. The van der Waals surface area contributed by atoms with Gasteiger partial charge in [0, 0.05) is 18.4 Å². The maximum Gasteiger partial charge on any atom is 0.0576 e. The molecule has 2 rings (SSSR count). The van der Waals surface area contributed by atoms with Gasteiger partial charge in [0.15, 0.2) is 0 Å². The molecule has 18 heavy (non-hydrogen) atoms. The first-order valence-corrected chi connectivity index (χ1v) is 7.12. The van der Waals surface area contributed by atoms with E-state index in [0.717, 1.165) is 19.6 Å². The lowest BCUT2D eigenvalue weighted by Gasteiger charge is -2.29. The second-order valence-corrected chi connectivity index (χ2v) is 5.01. The van der Waals surface area contributed by atoms with Crippen LogP contribution in [0.2, 0.25) is 0 Å². The number of rotatable bonds is 6. The molecule has 1 aliphatic carbocycles. The van der Waals surface area contributed by atoms with Crippen molar-refractivity contribution < 1.29 is 4.74 Å². The molecule has 1 aliphatic rings. The molecule has 1 N–H and O–H groups in total. The van der Waals surface area contributed by atoms with E-state index >= 15 is 0 Å². The zero-order valence-corrected chi connectivity index (χ0v) is 11.3. The quantitative estimate of drug-likeness (QED) is 0.840. The molecule has 0 unspecified atom stereocenters. The van der Waals surface area contributed by atoms with Crippen LogP contribution in [0, 0.1) is 0 Å². The van der Waals surface area contributed by atoms with E-state index in [0.29, 0.717) is 12.1 Å². The Balaban J connectivity index is 1.61. The lowest BCUT2D eigenvalue weighted by Crippen LogP contribution is -2.35. The topological polar surface area (TPSA) is 34.1 Å². The van der Waals surface area contributed by atoms with Gasteiger partial charge < -0.3 is 10.1 Å². The van der Waals surface area contributed by atoms with Gasteiger partial charge in [-0.15, -0.1) is 0 Å². The largest absolute Gasteiger partial charge is 0.378 e. The van der Waals surface area contributed by atoms with Gasteiger partial charge in [-0.1, -0.05) is 13.0 Å². The third-order valence-corrected chi connectivity index (χ3v) is 3.63. The number of pyridine rings is 1. The van der Waals surface area contributed by atoms with E-state index in [2.05, 4.69) is 23.3 Å². The minimum atomic E-state index is 0.469. The molecule has 0 aliphatic heterocycles. The Morgan fingerprint density at radius 1 is 1.33 bits per heavy atom. The summed E-state index contributed by atoms with van der Waals surface area (Å²) in [5.41, 5.74) is 1.26. The maximum atomic E-state index is 5.96. The monoisotopic (exact) mass is 248 g/mol. The predicted octanol–water partition coefficient (Wildman–Crippen LogP) is 2.56. The SMILES string of the molecule is CCNC1CCC(OCCc2cccnc2)CC1. The average molecular weight is 248 g/mol. The molecule has 0 bridgehead atoms. The fraction of sp³-hybridized carbons (Fsp3) is 0.667. The molecule has 1 fully saturated rings. The summed E-state index contributed by atoms with van der Waals surface area (Å²) in [4.78, 5) is 4.12. The Hall–Kier alpha value is -0.930. The van der Waals surface area contributed by atoms with E-state index < -0.39 is 0 Å². The Morgan fingerprint density at radius 3 is 2.83 bits per heavy atom. The second-order valence-electron chi connectivity index (χ2n) is 5.01. The normalized spacial score (nSPS) is 24.1. The van der Waals surface area contributed by atoms with Crippen LogP contribution >= 0.6 is 0 Å². The molecule has 3 heteroatoms. The molecule has 1 heterocycles. The zero-order chi connectivity index (χ0) is 12.6. The van der Waals surface area contributed by atoms with Gasteiger partial charge >= 0.3 is 0 Å². The molecule has 0 aromatic carbocycles. The second kappa shape index (κ2) is 7.49. The van der Waals surface area contributed by atoms with Crippen molar-refractivity contribution in [2.75, 3.05) is 13.2 Å². The molecule has 1 saturated carbocycles. The third kappa shape index (κ3) is 4.39. The molecule has 100 valence electrons. The highest BCUT2D eigenvalue weighted by Gasteiger charge is 2.20. The zero-order valence-electron chi connectivity index (χ0n) is 11.3. The van der Waals surface area contributed by atoms with E-state index in [1.54, 1.807) is 0 Å². The lowest BCUT2D eigenvalue weighted by atomic mass is 9.93. The Morgan fingerprint density at radius 2 is 2.17 bits per heavy atom. The van der Waals surface area contributed by atoms with E-state index in [4.69, 9.17) is 4.74 Å². The van der Waals surface area contributed by atoms with E-state index in [-0.39, 0.29) is 0 Å². The molecule has 1 aromatic rings. The summed E-state index contributed by atoms with van der Waals surface area (Å²) < 4.78 is 5.96. The molecule has 0 saturated heterocycles. The van der Waals surface area contributed by atoms with Crippen molar-refractivity contribution in [1.82, 2.24) is 10.3 Å². The van der Waals surface area contributed by atoms with Crippen molar-refractivity contribution in [3.8, 4) is 0 Å². The molecule has 0 amide bonds. The molecule has 1 aromatic heterocycles. The Labute approximate surface area is 110 Å². The van der Waals surface area contributed by atoms with Crippen LogP contribution in [0.15, 0.2) is 24.5 Å². The first-order chi connectivity index (χ1) is 8.88. The fourth-order valence-electron chi connectivity index (χ4n) is 2.61. The van der Waals surface area contributed by atoms with Gasteiger partial charge in [0.2, 0.25) is 0 Å². The summed E-state index contributed by atoms with van der Waals surface area (Å²) in [7, 11) is 0. The van der Waals surface area contributed by atoms with Crippen molar-refractivity contribution >= 4 is 0 Å². The number of nitrogens with zero attached hydrogens (tertiary/aromatic N) is 1. The van der Waals surface area contributed by atoms with Crippen LogP contribution in [0.5, 0.6) is 0 Å². The highest BCUT2D eigenvalue weighted by Crippen LogP contribution is 2.21. The summed E-state index contributed by atoms with van der Waals surface area (Å²) in [5, 5.41) is 3.52. The fourth-order valence-corrected chi connectivity index (χ4v) is 2.61. The van der Waals surface area contributed by atoms with Crippen LogP contribution in [0.3, 0.4) is 0 Å². The van der Waals surface area contributed by atoms with Crippen LogP contribution < -0.4 is 5.32 Å². The lowest BCUT2D eigenvalue weighted by molar-refractivity contribution is 0.0244. The minimum Gasteiger partial charge on any atom is -0.378 e. The number of nitrogens with one attached hydrogen (secondary N) is 1. The predicted molar refractivity (Wildman–Crippen MR) is 73.6 cm³/mol. The number of hydrogen-bond acceptors (Lipinski definition) is 3. The third-order valence-electron chi connectivity index (χ3n) is 3.63. The summed E-state index contributed by atoms with van der Waals surface area (Å²) in [6, 6.07) is 4.81. The van der Waals surface area contributed by atoms with Crippen LogP contribution in [0.4, 0.5) is 0 Å². The van der Waals surface area contributed by atoms with Crippen LogP contribution in [0.25, 0.3) is 0 Å². The van der Waals surface area contributed by atoms with Crippen LogP contribution in [0.1, 0.15) is 38.2 Å². The Kier molecular flexibility index (Phi) is 5.62. The van der Waals surface area contributed by atoms with Crippen molar-refractivity contribution in [2.45, 2.75) is 51.2 Å². The van der Waals surface area contributed by atoms with Gasteiger partial charge in [0.25, 0.3) is 0 Å².